The predicted molar refractivity (Wildman–Crippen MR) is 73.8 cm³/mol. The minimum Gasteiger partial charge on any atom is -0.369 e. The van der Waals surface area contributed by atoms with Crippen molar-refractivity contribution in [2.45, 2.75) is 18.7 Å². The molecule has 2 amide bonds. The molecular weight excluding hydrogens is 264 g/mol. The van der Waals surface area contributed by atoms with Crippen LogP contribution in [0.1, 0.15) is 28.8 Å². The third-order valence-corrected chi connectivity index (χ3v) is 3.85. The fraction of sp³-hybridized carbons (Fsp3) is 0.429. The Morgan fingerprint density at radius 2 is 1.79 bits per heavy atom. The van der Waals surface area contributed by atoms with E-state index in [4.69, 9.17) is 17.3 Å². The Morgan fingerprint density at radius 1 is 1.21 bits per heavy atom. The Kier molecular flexibility index (Phi) is 4.43. The Hall–Kier alpha value is -1.55. The zero-order chi connectivity index (χ0) is 13.8. The largest absolute Gasteiger partial charge is 0.369 e. The summed E-state index contributed by atoms with van der Waals surface area (Å²) in [5.74, 6) is 0.0867. The van der Waals surface area contributed by atoms with Crippen molar-refractivity contribution < 1.29 is 9.59 Å². The van der Waals surface area contributed by atoms with Gasteiger partial charge in [-0.15, -0.1) is 11.6 Å². The summed E-state index contributed by atoms with van der Waals surface area (Å²) >= 11 is 5.71. The van der Waals surface area contributed by atoms with Gasteiger partial charge in [-0.05, 0) is 30.5 Å². The van der Waals surface area contributed by atoms with Crippen molar-refractivity contribution in [2.24, 2.45) is 11.7 Å². The van der Waals surface area contributed by atoms with Gasteiger partial charge in [-0.2, -0.15) is 0 Å². The normalized spacial score (nSPS) is 16.4. The third kappa shape index (κ3) is 3.26. The van der Waals surface area contributed by atoms with Crippen LogP contribution in [0.25, 0.3) is 0 Å². The number of benzene rings is 1. The quantitative estimate of drug-likeness (QED) is 0.858. The van der Waals surface area contributed by atoms with Gasteiger partial charge in [0, 0.05) is 30.5 Å². The van der Waals surface area contributed by atoms with E-state index in [2.05, 4.69) is 0 Å². The number of hydrogen-bond donors (Lipinski definition) is 1. The lowest BCUT2D eigenvalue weighted by Crippen LogP contribution is -2.41. The van der Waals surface area contributed by atoms with Crippen molar-refractivity contribution >= 4 is 23.4 Å². The van der Waals surface area contributed by atoms with Crippen LogP contribution in [0.4, 0.5) is 0 Å². The molecule has 0 radical (unpaired) electrons. The number of hydrogen-bond acceptors (Lipinski definition) is 2. The number of carbonyl (C=O) groups excluding carboxylic acids is 2. The molecule has 1 aromatic rings. The van der Waals surface area contributed by atoms with Gasteiger partial charge in [-0.25, -0.2) is 0 Å². The number of nitrogens with zero attached hydrogens (tertiary/aromatic N) is 1. The van der Waals surface area contributed by atoms with Gasteiger partial charge in [-0.1, -0.05) is 12.1 Å². The molecule has 102 valence electrons. The second-order valence-corrected chi connectivity index (χ2v) is 5.07. The number of likely N-dealkylation sites (tertiary alicyclic amines) is 1. The lowest BCUT2D eigenvalue weighted by Gasteiger charge is -2.30. The van der Waals surface area contributed by atoms with Gasteiger partial charge in [0.25, 0.3) is 5.91 Å². The van der Waals surface area contributed by atoms with E-state index in [1.54, 1.807) is 17.0 Å². The van der Waals surface area contributed by atoms with Crippen molar-refractivity contribution in [3.05, 3.63) is 35.4 Å². The first-order valence-electron chi connectivity index (χ1n) is 6.35. The zero-order valence-corrected chi connectivity index (χ0v) is 11.4. The van der Waals surface area contributed by atoms with Crippen LogP contribution in [0.2, 0.25) is 0 Å². The predicted octanol–water partition coefficient (Wildman–Crippen LogP) is 1.76. The third-order valence-electron chi connectivity index (χ3n) is 3.54. The molecule has 1 aromatic carbocycles. The smallest absolute Gasteiger partial charge is 0.253 e. The summed E-state index contributed by atoms with van der Waals surface area (Å²) in [7, 11) is 0. The maximum absolute atomic E-state index is 12.3. The molecule has 2 N–H and O–H groups in total. The Labute approximate surface area is 117 Å². The fourth-order valence-electron chi connectivity index (χ4n) is 2.29. The highest BCUT2D eigenvalue weighted by molar-refractivity contribution is 6.17. The van der Waals surface area contributed by atoms with Gasteiger partial charge < -0.3 is 10.6 Å². The summed E-state index contributed by atoms with van der Waals surface area (Å²) in [6.07, 6.45) is 1.31. The van der Waals surface area contributed by atoms with E-state index in [0.29, 0.717) is 37.4 Å². The van der Waals surface area contributed by atoms with Gasteiger partial charge in [0.05, 0.1) is 0 Å². The van der Waals surface area contributed by atoms with Crippen molar-refractivity contribution in [3.63, 3.8) is 0 Å². The molecule has 0 atom stereocenters. The van der Waals surface area contributed by atoms with Crippen LogP contribution < -0.4 is 5.73 Å². The van der Waals surface area contributed by atoms with Crippen LogP contribution in [0, 0.1) is 5.92 Å². The maximum atomic E-state index is 12.3. The molecule has 1 saturated heterocycles. The first-order valence-corrected chi connectivity index (χ1v) is 6.88. The maximum Gasteiger partial charge on any atom is 0.253 e. The molecule has 1 fully saturated rings. The fourth-order valence-corrected chi connectivity index (χ4v) is 2.46. The highest BCUT2D eigenvalue weighted by Gasteiger charge is 2.26. The van der Waals surface area contributed by atoms with Crippen molar-refractivity contribution in [1.82, 2.24) is 4.90 Å². The van der Waals surface area contributed by atoms with Crippen LogP contribution >= 0.6 is 11.6 Å². The zero-order valence-electron chi connectivity index (χ0n) is 10.6. The van der Waals surface area contributed by atoms with E-state index in [-0.39, 0.29) is 17.7 Å². The molecule has 0 aliphatic carbocycles. The summed E-state index contributed by atoms with van der Waals surface area (Å²) in [6.45, 7) is 1.17. The van der Waals surface area contributed by atoms with Gasteiger partial charge in [0.15, 0.2) is 0 Å². The van der Waals surface area contributed by atoms with Gasteiger partial charge in [0.1, 0.15) is 0 Å². The number of primary amides is 1. The molecule has 1 aliphatic rings. The molecule has 0 aromatic heterocycles. The van der Waals surface area contributed by atoms with E-state index < -0.39 is 0 Å². The number of nitrogens with two attached hydrogens (primary N) is 1. The van der Waals surface area contributed by atoms with Crippen molar-refractivity contribution in [3.8, 4) is 0 Å². The molecular formula is C14H17ClN2O2. The van der Waals surface area contributed by atoms with Crippen LogP contribution in [0.3, 0.4) is 0 Å². The number of piperidine rings is 1. The first-order chi connectivity index (χ1) is 9.11. The molecule has 0 saturated carbocycles. The Morgan fingerprint density at radius 3 is 2.26 bits per heavy atom. The standard InChI is InChI=1S/C14H17ClN2O2/c15-9-10-1-3-12(4-2-10)14(19)17-7-5-11(6-8-17)13(16)18/h1-4,11H,5-9H2,(H2,16,18). The van der Waals surface area contributed by atoms with Gasteiger partial charge in [-0.3, -0.25) is 9.59 Å². The average Bonchev–Trinajstić information content (AvgIpc) is 2.46. The second kappa shape index (κ2) is 6.06. The van der Waals surface area contributed by atoms with E-state index in [0.717, 1.165) is 5.56 Å². The first kappa shape index (κ1) is 13.9. The van der Waals surface area contributed by atoms with Crippen LogP contribution in [-0.2, 0) is 10.7 Å². The number of amides is 2. The monoisotopic (exact) mass is 280 g/mol. The summed E-state index contributed by atoms with van der Waals surface area (Å²) in [5, 5.41) is 0. The van der Waals surface area contributed by atoms with Gasteiger partial charge >= 0.3 is 0 Å². The summed E-state index contributed by atoms with van der Waals surface area (Å²) in [5.41, 5.74) is 6.93. The number of halogens is 1. The summed E-state index contributed by atoms with van der Waals surface area (Å²) in [6, 6.07) is 7.30. The summed E-state index contributed by atoms with van der Waals surface area (Å²) < 4.78 is 0. The van der Waals surface area contributed by atoms with Crippen molar-refractivity contribution in [2.75, 3.05) is 13.1 Å². The lowest BCUT2D eigenvalue weighted by molar-refractivity contribution is -0.123. The average molecular weight is 281 g/mol. The molecule has 0 unspecified atom stereocenters. The lowest BCUT2D eigenvalue weighted by atomic mass is 9.96. The number of alkyl halides is 1. The SMILES string of the molecule is NC(=O)C1CCN(C(=O)c2ccc(CCl)cc2)CC1. The van der Waals surface area contributed by atoms with E-state index in [9.17, 15) is 9.59 Å². The molecule has 2 rings (SSSR count). The van der Waals surface area contributed by atoms with E-state index in [1.165, 1.54) is 0 Å². The minimum atomic E-state index is -0.265. The minimum absolute atomic E-state index is 0.00374. The van der Waals surface area contributed by atoms with Gasteiger partial charge in [0.2, 0.25) is 5.91 Å². The molecule has 4 nitrogen and oxygen atoms in total. The van der Waals surface area contributed by atoms with E-state index >= 15 is 0 Å². The number of rotatable bonds is 3. The molecule has 19 heavy (non-hydrogen) atoms. The molecule has 5 heteroatoms. The molecule has 0 bridgehead atoms. The number of carbonyl (C=O) groups is 2. The van der Waals surface area contributed by atoms with Crippen LogP contribution in [0.5, 0.6) is 0 Å². The topological polar surface area (TPSA) is 63.4 Å². The molecule has 0 spiro atoms. The highest BCUT2D eigenvalue weighted by atomic mass is 35.5. The Bertz CT molecular complexity index is 465. The summed E-state index contributed by atoms with van der Waals surface area (Å²) in [4.78, 5) is 25.1. The van der Waals surface area contributed by atoms with Crippen LogP contribution in [0.15, 0.2) is 24.3 Å². The van der Waals surface area contributed by atoms with Crippen LogP contribution in [-0.4, -0.2) is 29.8 Å². The Balaban J connectivity index is 1.98. The second-order valence-electron chi connectivity index (χ2n) is 4.80. The highest BCUT2D eigenvalue weighted by Crippen LogP contribution is 2.19. The van der Waals surface area contributed by atoms with E-state index in [1.807, 2.05) is 12.1 Å². The van der Waals surface area contributed by atoms with Crippen molar-refractivity contribution in [1.29, 1.82) is 0 Å². The molecule has 1 heterocycles. The molecule has 1 aliphatic heterocycles.